The molecule has 0 aliphatic carbocycles. The van der Waals surface area contributed by atoms with Crippen LogP contribution in [-0.2, 0) is 0 Å². The van der Waals surface area contributed by atoms with Gasteiger partial charge < -0.3 is 21.3 Å². The van der Waals surface area contributed by atoms with E-state index < -0.39 is 0 Å². The number of rotatable bonds is 5. The minimum absolute atomic E-state index is 0.0213. The van der Waals surface area contributed by atoms with E-state index >= 15 is 0 Å². The molecule has 5 nitrogen and oxygen atoms in total. The van der Waals surface area contributed by atoms with E-state index in [1.54, 1.807) is 0 Å². The third-order valence-electron chi connectivity index (χ3n) is 2.76. The van der Waals surface area contributed by atoms with Crippen LogP contribution in [0.15, 0.2) is 18.2 Å². The average Bonchev–Trinajstić information content (AvgIpc) is 2.26. The van der Waals surface area contributed by atoms with E-state index in [1.165, 1.54) is 18.2 Å². The molecule has 18 heavy (non-hydrogen) atoms. The van der Waals surface area contributed by atoms with Gasteiger partial charge in [0.1, 0.15) is 11.5 Å². The van der Waals surface area contributed by atoms with Crippen LogP contribution in [0.3, 0.4) is 0 Å². The Morgan fingerprint density at radius 2 is 1.83 bits per heavy atom. The number of amides is 1. The number of phenols is 2. The van der Waals surface area contributed by atoms with Gasteiger partial charge in [0.05, 0.1) is 0 Å². The molecule has 1 rings (SSSR count). The molecule has 0 spiro atoms. The summed E-state index contributed by atoms with van der Waals surface area (Å²) >= 11 is 0. The van der Waals surface area contributed by atoms with Crippen molar-refractivity contribution in [2.45, 2.75) is 26.3 Å². The van der Waals surface area contributed by atoms with Gasteiger partial charge in [0.2, 0.25) is 0 Å². The fourth-order valence-corrected chi connectivity index (χ4v) is 1.73. The summed E-state index contributed by atoms with van der Waals surface area (Å²) in [7, 11) is 0. The first-order chi connectivity index (χ1) is 8.43. The first kappa shape index (κ1) is 14.3. The molecule has 1 aromatic rings. The summed E-state index contributed by atoms with van der Waals surface area (Å²) in [5.74, 6) is -0.336. The van der Waals surface area contributed by atoms with E-state index in [0.29, 0.717) is 13.0 Å². The van der Waals surface area contributed by atoms with Crippen molar-refractivity contribution in [1.82, 2.24) is 5.32 Å². The lowest BCUT2D eigenvalue weighted by atomic mass is 10.0. The van der Waals surface area contributed by atoms with Crippen LogP contribution in [0.2, 0.25) is 0 Å². The van der Waals surface area contributed by atoms with Gasteiger partial charge in [-0.25, -0.2) is 0 Å². The molecule has 5 N–H and O–H groups in total. The Morgan fingerprint density at radius 1 is 1.28 bits per heavy atom. The maximum Gasteiger partial charge on any atom is 0.251 e. The van der Waals surface area contributed by atoms with Crippen molar-refractivity contribution < 1.29 is 15.0 Å². The monoisotopic (exact) mass is 252 g/mol. The van der Waals surface area contributed by atoms with Gasteiger partial charge in [-0.2, -0.15) is 0 Å². The first-order valence-corrected chi connectivity index (χ1v) is 5.98. The van der Waals surface area contributed by atoms with Crippen LogP contribution >= 0.6 is 0 Å². The van der Waals surface area contributed by atoms with Crippen molar-refractivity contribution in [3.8, 4) is 11.5 Å². The largest absolute Gasteiger partial charge is 0.508 e. The zero-order chi connectivity index (χ0) is 13.7. The minimum Gasteiger partial charge on any atom is -0.508 e. The quantitative estimate of drug-likeness (QED) is 0.633. The molecule has 0 radical (unpaired) electrons. The average molecular weight is 252 g/mol. The SMILES string of the molecule is CC(C)C(CCN)NC(=O)c1cc(O)cc(O)c1. The van der Waals surface area contributed by atoms with Gasteiger partial charge in [-0.1, -0.05) is 13.8 Å². The highest BCUT2D eigenvalue weighted by Crippen LogP contribution is 2.20. The van der Waals surface area contributed by atoms with Gasteiger partial charge in [0, 0.05) is 17.7 Å². The second kappa shape index (κ2) is 6.26. The summed E-state index contributed by atoms with van der Waals surface area (Å²) in [6.45, 7) is 4.50. The van der Waals surface area contributed by atoms with Gasteiger partial charge in [0.25, 0.3) is 5.91 Å². The summed E-state index contributed by atoms with van der Waals surface area (Å²) in [6.07, 6.45) is 0.689. The van der Waals surface area contributed by atoms with Gasteiger partial charge in [-0.3, -0.25) is 4.79 Å². The number of nitrogens with two attached hydrogens (primary N) is 1. The van der Waals surface area contributed by atoms with Crippen molar-refractivity contribution in [1.29, 1.82) is 0 Å². The maximum atomic E-state index is 12.0. The lowest BCUT2D eigenvalue weighted by Gasteiger charge is -2.21. The Bertz CT molecular complexity index is 398. The highest BCUT2D eigenvalue weighted by molar-refractivity contribution is 5.95. The van der Waals surface area contributed by atoms with Gasteiger partial charge in [0.15, 0.2) is 0 Å². The van der Waals surface area contributed by atoms with Crippen molar-refractivity contribution in [2.75, 3.05) is 6.54 Å². The summed E-state index contributed by atoms with van der Waals surface area (Å²) in [5.41, 5.74) is 5.73. The molecule has 1 amide bonds. The number of hydrogen-bond acceptors (Lipinski definition) is 4. The number of carbonyl (C=O) groups is 1. The van der Waals surface area contributed by atoms with Crippen LogP contribution in [0.25, 0.3) is 0 Å². The molecule has 0 bridgehead atoms. The second-order valence-electron chi connectivity index (χ2n) is 4.64. The molecule has 0 fully saturated rings. The molecule has 100 valence electrons. The highest BCUT2D eigenvalue weighted by Gasteiger charge is 2.17. The third kappa shape index (κ3) is 3.92. The Balaban J connectivity index is 2.80. The van der Waals surface area contributed by atoms with Crippen LogP contribution in [0.1, 0.15) is 30.6 Å². The fourth-order valence-electron chi connectivity index (χ4n) is 1.73. The molecule has 1 atom stereocenters. The van der Waals surface area contributed by atoms with E-state index in [9.17, 15) is 15.0 Å². The summed E-state index contributed by atoms with van der Waals surface area (Å²) in [6, 6.07) is 3.78. The molecule has 1 unspecified atom stereocenters. The van der Waals surface area contributed by atoms with Crippen LogP contribution in [-0.4, -0.2) is 28.7 Å². The number of hydrogen-bond donors (Lipinski definition) is 4. The predicted octanol–water partition coefficient (Wildman–Crippen LogP) is 1.20. The summed E-state index contributed by atoms with van der Waals surface area (Å²) in [5, 5.41) is 21.5. The third-order valence-corrected chi connectivity index (χ3v) is 2.76. The van der Waals surface area contributed by atoms with Crippen LogP contribution in [0.4, 0.5) is 0 Å². The van der Waals surface area contributed by atoms with Crippen molar-refractivity contribution in [3.63, 3.8) is 0 Å². The molecular formula is C13H20N2O3. The molecule has 0 aromatic heterocycles. The molecular weight excluding hydrogens is 232 g/mol. The van der Waals surface area contributed by atoms with Gasteiger partial charge in [-0.15, -0.1) is 0 Å². The van der Waals surface area contributed by atoms with E-state index in [2.05, 4.69) is 5.32 Å². The van der Waals surface area contributed by atoms with Crippen LogP contribution < -0.4 is 11.1 Å². The first-order valence-electron chi connectivity index (χ1n) is 5.98. The smallest absolute Gasteiger partial charge is 0.251 e. The van der Waals surface area contributed by atoms with Gasteiger partial charge in [-0.05, 0) is 31.0 Å². The predicted molar refractivity (Wildman–Crippen MR) is 69.5 cm³/mol. The molecule has 0 aliphatic heterocycles. The van der Waals surface area contributed by atoms with E-state index in [-0.39, 0.29) is 34.9 Å². The Kier molecular flexibility index (Phi) is 4.97. The highest BCUT2D eigenvalue weighted by atomic mass is 16.3. The standard InChI is InChI=1S/C13H20N2O3/c1-8(2)12(3-4-14)15-13(18)9-5-10(16)7-11(17)6-9/h5-8,12,16-17H,3-4,14H2,1-2H3,(H,15,18). The molecule has 0 heterocycles. The summed E-state index contributed by atoms with van der Waals surface area (Å²) in [4.78, 5) is 12.0. The van der Waals surface area contributed by atoms with Crippen molar-refractivity contribution in [3.05, 3.63) is 23.8 Å². The number of aromatic hydroxyl groups is 2. The number of benzene rings is 1. The molecule has 0 aliphatic rings. The van der Waals surface area contributed by atoms with E-state index in [4.69, 9.17) is 5.73 Å². The lowest BCUT2D eigenvalue weighted by Crippen LogP contribution is -2.39. The molecule has 5 heteroatoms. The Hall–Kier alpha value is -1.75. The van der Waals surface area contributed by atoms with Gasteiger partial charge >= 0.3 is 0 Å². The second-order valence-corrected chi connectivity index (χ2v) is 4.64. The van der Waals surface area contributed by atoms with Crippen molar-refractivity contribution >= 4 is 5.91 Å². The van der Waals surface area contributed by atoms with E-state index in [0.717, 1.165) is 0 Å². The Morgan fingerprint density at radius 3 is 2.28 bits per heavy atom. The molecule has 0 saturated carbocycles. The van der Waals surface area contributed by atoms with Crippen molar-refractivity contribution in [2.24, 2.45) is 11.7 Å². The molecule has 1 aromatic carbocycles. The fraction of sp³-hybridized carbons (Fsp3) is 0.462. The minimum atomic E-state index is -0.326. The van der Waals surface area contributed by atoms with E-state index in [1.807, 2.05) is 13.8 Å². The maximum absolute atomic E-state index is 12.0. The summed E-state index contributed by atoms with van der Waals surface area (Å²) < 4.78 is 0. The van der Waals surface area contributed by atoms with Crippen LogP contribution in [0, 0.1) is 5.92 Å². The normalized spacial score (nSPS) is 12.4. The number of nitrogens with one attached hydrogen (secondary N) is 1. The molecule has 0 saturated heterocycles. The zero-order valence-corrected chi connectivity index (χ0v) is 10.7. The van der Waals surface area contributed by atoms with Crippen LogP contribution in [0.5, 0.6) is 11.5 Å². The number of phenolic OH excluding ortho intramolecular Hbond substituents is 2. The zero-order valence-electron chi connectivity index (χ0n) is 10.7. The number of carbonyl (C=O) groups excluding carboxylic acids is 1. The Labute approximate surface area is 107 Å². The lowest BCUT2D eigenvalue weighted by molar-refractivity contribution is 0.0923. The topological polar surface area (TPSA) is 95.6 Å².